The van der Waals surface area contributed by atoms with Crippen LogP contribution in [0.1, 0.15) is 10.4 Å². The normalized spacial score (nSPS) is 10.6. The van der Waals surface area contributed by atoms with E-state index in [2.05, 4.69) is 27.0 Å². The van der Waals surface area contributed by atoms with Crippen molar-refractivity contribution >= 4 is 22.6 Å². The van der Waals surface area contributed by atoms with Gasteiger partial charge in [-0.1, -0.05) is 24.8 Å². The molecule has 4 rings (SSSR count). The number of nitrogens with zero attached hydrogens (tertiary/aromatic N) is 3. The molecule has 0 aliphatic carbocycles. The van der Waals surface area contributed by atoms with E-state index in [0.717, 1.165) is 0 Å². The van der Waals surface area contributed by atoms with Crippen molar-refractivity contribution in [2.75, 3.05) is 11.9 Å². The van der Waals surface area contributed by atoms with Crippen molar-refractivity contribution in [1.29, 1.82) is 0 Å². The average Bonchev–Trinajstić information content (AvgIpc) is 3.18. The summed E-state index contributed by atoms with van der Waals surface area (Å²) in [7, 11) is 0. The summed E-state index contributed by atoms with van der Waals surface area (Å²) in [6, 6.07) is 14.0. The highest BCUT2D eigenvalue weighted by Gasteiger charge is 2.14. The lowest BCUT2D eigenvalue weighted by Gasteiger charge is -2.12. The van der Waals surface area contributed by atoms with E-state index in [1.165, 1.54) is 17.2 Å². The molecule has 144 valence electrons. The first-order valence-corrected chi connectivity index (χ1v) is 8.83. The van der Waals surface area contributed by atoms with Crippen LogP contribution in [0.15, 0.2) is 78.5 Å². The monoisotopic (exact) mass is 387 g/mol. The molecule has 4 aromatic rings. The number of rotatable bonds is 6. The Morgan fingerprint density at radius 1 is 1.21 bits per heavy atom. The first-order chi connectivity index (χ1) is 14.2. The molecule has 2 aromatic heterocycles. The van der Waals surface area contributed by atoms with Gasteiger partial charge in [0.25, 0.3) is 11.5 Å². The number of carbonyl (C=O) groups excluding carboxylic acids is 1. The Kier molecular flexibility index (Phi) is 4.90. The Bertz CT molecular complexity index is 1240. The highest BCUT2D eigenvalue weighted by atomic mass is 16.5. The number of aromatic nitrogens is 4. The van der Waals surface area contributed by atoms with Crippen LogP contribution >= 0.6 is 0 Å². The molecule has 0 fully saturated rings. The summed E-state index contributed by atoms with van der Waals surface area (Å²) in [6.07, 6.45) is 4.42. The maximum atomic E-state index is 12.7. The van der Waals surface area contributed by atoms with Crippen LogP contribution in [0.4, 0.5) is 5.69 Å². The maximum absolute atomic E-state index is 12.7. The van der Waals surface area contributed by atoms with E-state index in [1.807, 2.05) is 6.07 Å². The number of carbonyl (C=O) groups is 1. The molecule has 8 nitrogen and oxygen atoms in total. The smallest absolute Gasteiger partial charge is 0.261 e. The molecule has 1 amide bonds. The number of fused-ring (bicyclic) bond motifs is 1. The van der Waals surface area contributed by atoms with Crippen molar-refractivity contribution in [2.24, 2.45) is 0 Å². The molecular weight excluding hydrogens is 370 g/mol. The number of H-pyrrole nitrogens is 1. The van der Waals surface area contributed by atoms with Gasteiger partial charge in [-0.3, -0.25) is 9.59 Å². The Labute approximate surface area is 165 Å². The zero-order valence-electron chi connectivity index (χ0n) is 15.3. The van der Waals surface area contributed by atoms with Gasteiger partial charge >= 0.3 is 0 Å². The molecule has 0 aliphatic rings. The van der Waals surface area contributed by atoms with E-state index < -0.39 is 0 Å². The van der Waals surface area contributed by atoms with Gasteiger partial charge in [0.1, 0.15) is 17.7 Å². The highest BCUT2D eigenvalue weighted by Crippen LogP contribution is 2.23. The average molecular weight is 387 g/mol. The van der Waals surface area contributed by atoms with Crippen LogP contribution in [-0.4, -0.2) is 32.3 Å². The Morgan fingerprint density at radius 2 is 2.00 bits per heavy atom. The van der Waals surface area contributed by atoms with E-state index in [9.17, 15) is 9.59 Å². The molecule has 0 saturated heterocycles. The van der Waals surface area contributed by atoms with Crippen LogP contribution in [0.25, 0.3) is 16.7 Å². The van der Waals surface area contributed by atoms with E-state index >= 15 is 0 Å². The zero-order chi connectivity index (χ0) is 20.2. The van der Waals surface area contributed by atoms with Gasteiger partial charge < -0.3 is 15.0 Å². The molecular formula is C21H17N5O3. The van der Waals surface area contributed by atoms with Gasteiger partial charge in [-0.05, 0) is 36.4 Å². The van der Waals surface area contributed by atoms with Crippen LogP contribution in [-0.2, 0) is 0 Å². The number of benzene rings is 2. The molecule has 0 spiro atoms. The number of hydrogen-bond acceptors (Lipinski definition) is 5. The number of ether oxygens (including phenoxy) is 1. The minimum absolute atomic E-state index is 0.276. The number of para-hydroxylation sites is 2. The number of hydrogen-bond donors (Lipinski definition) is 2. The lowest BCUT2D eigenvalue weighted by Crippen LogP contribution is -2.14. The molecule has 0 radical (unpaired) electrons. The van der Waals surface area contributed by atoms with Crippen molar-refractivity contribution in [3.63, 3.8) is 0 Å². The van der Waals surface area contributed by atoms with Gasteiger partial charge in [0.15, 0.2) is 5.65 Å². The van der Waals surface area contributed by atoms with Crippen LogP contribution in [0.3, 0.4) is 0 Å². The molecule has 0 saturated carbocycles. The molecule has 29 heavy (non-hydrogen) atoms. The summed E-state index contributed by atoms with van der Waals surface area (Å²) in [5, 5.41) is 7.52. The fourth-order valence-electron chi connectivity index (χ4n) is 2.85. The third-order valence-corrected chi connectivity index (χ3v) is 4.24. The standard InChI is InChI=1S/C21H17N5O3/c1-2-11-29-15-9-7-14(8-10-15)20(27)25-17-5-3-4-6-18(17)26-19-16(12-24-26)21(28)23-13-22-19/h2-10,12-13H,1,11H2,(H,25,27)(H,22,23,28). The summed E-state index contributed by atoms with van der Waals surface area (Å²) in [4.78, 5) is 31.4. The van der Waals surface area contributed by atoms with E-state index in [4.69, 9.17) is 4.74 Å². The van der Waals surface area contributed by atoms with E-state index in [0.29, 0.717) is 40.3 Å². The van der Waals surface area contributed by atoms with E-state index in [1.54, 1.807) is 48.5 Å². The predicted molar refractivity (Wildman–Crippen MR) is 110 cm³/mol. The topological polar surface area (TPSA) is 102 Å². The van der Waals surface area contributed by atoms with Crippen molar-refractivity contribution in [2.45, 2.75) is 0 Å². The Balaban J connectivity index is 1.63. The number of amides is 1. The highest BCUT2D eigenvalue weighted by molar-refractivity contribution is 6.05. The fourth-order valence-corrected chi connectivity index (χ4v) is 2.85. The number of nitrogens with one attached hydrogen (secondary N) is 2. The summed E-state index contributed by atoms with van der Waals surface area (Å²) in [5.41, 5.74) is 1.74. The third-order valence-electron chi connectivity index (χ3n) is 4.24. The third kappa shape index (κ3) is 3.63. The SMILES string of the molecule is C=CCOc1ccc(C(=O)Nc2ccccc2-n2ncc3c(=O)[nH]cnc32)cc1. The second kappa shape index (κ2) is 7.81. The fraction of sp³-hybridized carbons (Fsp3) is 0.0476. The quantitative estimate of drug-likeness (QED) is 0.495. The van der Waals surface area contributed by atoms with Crippen molar-refractivity contribution < 1.29 is 9.53 Å². The summed E-state index contributed by atoms with van der Waals surface area (Å²) < 4.78 is 6.95. The van der Waals surface area contributed by atoms with Gasteiger partial charge in [0.05, 0.1) is 23.9 Å². The van der Waals surface area contributed by atoms with Crippen LogP contribution in [0.2, 0.25) is 0 Å². The second-order valence-electron chi connectivity index (χ2n) is 6.12. The first-order valence-electron chi connectivity index (χ1n) is 8.83. The number of anilines is 1. The zero-order valence-corrected chi connectivity index (χ0v) is 15.3. The first kappa shape index (κ1) is 18.2. The molecule has 0 aliphatic heterocycles. The maximum Gasteiger partial charge on any atom is 0.261 e. The summed E-state index contributed by atoms with van der Waals surface area (Å²) in [5.74, 6) is 0.371. The number of aromatic amines is 1. The van der Waals surface area contributed by atoms with E-state index in [-0.39, 0.29) is 11.5 Å². The van der Waals surface area contributed by atoms with Crippen LogP contribution in [0, 0.1) is 0 Å². The van der Waals surface area contributed by atoms with Gasteiger partial charge in [-0.15, -0.1) is 0 Å². The van der Waals surface area contributed by atoms with Crippen LogP contribution < -0.4 is 15.6 Å². The molecule has 0 atom stereocenters. The molecule has 2 N–H and O–H groups in total. The van der Waals surface area contributed by atoms with Crippen molar-refractivity contribution in [3.8, 4) is 11.4 Å². The van der Waals surface area contributed by atoms with Crippen molar-refractivity contribution in [3.05, 3.63) is 89.6 Å². The predicted octanol–water partition coefficient (Wildman–Crippen LogP) is 2.93. The minimum Gasteiger partial charge on any atom is -0.490 e. The lowest BCUT2D eigenvalue weighted by atomic mass is 10.2. The lowest BCUT2D eigenvalue weighted by molar-refractivity contribution is 0.102. The Morgan fingerprint density at radius 3 is 2.79 bits per heavy atom. The molecule has 2 heterocycles. The molecule has 0 bridgehead atoms. The van der Waals surface area contributed by atoms with Crippen LogP contribution in [0.5, 0.6) is 5.75 Å². The molecule has 2 aromatic carbocycles. The van der Waals surface area contributed by atoms with Gasteiger partial charge in [-0.2, -0.15) is 5.10 Å². The Hall–Kier alpha value is -4.20. The van der Waals surface area contributed by atoms with Crippen molar-refractivity contribution in [1.82, 2.24) is 19.7 Å². The second-order valence-corrected chi connectivity index (χ2v) is 6.12. The summed E-state index contributed by atoms with van der Waals surface area (Å²) >= 11 is 0. The van der Waals surface area contributed by atoms with Gasteiger partial charge in [0.2, 0.25) is 0 Å². The van der Waals surface area contributed by atoms with Gasteiger partial charge in [0, 0.05) is 5.56 Å². The molecule has 8 heteroatoms. The largest absolute Gasteiger partial charge is 0.490 e. The molecule has 0 unspecified atom stereocenters. The van der Waals surface area contributed by atoms with Gasteiger partial charge in [-0.25, -0.2) is 9.67 Å². The minimum atomic E-state index is -0.282. The summed E-state index contributed by atoms with van der Waals surface area (Å²) in [6.45, 7) is 4.00.